The highest BCUT2D eigenvalue weighted by atomic mass is 16.6. The van der Waals surface area contributed by atoms with Gasteiger partial charge in [0.1, 0.15) is 17.5 Å². The van der Waals surface area contributed by atoms with Gasteiger partial charge in [0.05, 0.1) is 19.2 Å². The van der Waals surface area contributed by atoms with Gasteiger partial charge in [-0.2, -0.15) is 0 Å². The maximum atomic E-state index is 13.0. The second kappa shape index (κ2) is 9.90. The van der Waals surface area contributed by atoms with Crippen molar-refractivity contribution >= 4 is 17.7 Å². The van der Waals surface area contributed by atoms with E-state index in [9.17, 15) is 9.59 Å². The molecule has 1 fully saturated rings. The number of esters is 1. The summed E-state index contributed by atoms with van der Waals surface area (Å²) in [5.41, 5.74) is 1.06. The van der Waals surface area contributed by atoms with Crippen molar-refractivity contribution < 1.29 is 23.8 Å². The summed E-state index contributed by atoms with van der Waals surface area (Å²) in [7, 11) is 1.59. The lowest BCUT2D eigenvalue weighted by atomic mass is 9.82. The molecule has 0 aromatic heterocycles. The normalized spacial score (nSPS) is 19.5. The third-order valence-corrected chi connectivity index (χ3v) is 5.35. The second-order valence-corrected chi connectivity index (χ2v) is 8.89. The number of methoxy groups -OCH3 is 1. The first-order chi connectivity index (χ1) is 15.2. The molecule has 0 bridgehead atoms. The highest BCUT2D eigenvalue weighted by molar-refractivity contribution is 5.90. The van der Waals surface area contributed by atoms with E-state index >= 15 is 0 Å². The predicted molar refractivity (Wildman–Crippen MR) is 124 cm³/mol. The molecule has 2 aromatic carbocycles. The Balaban J connectivity index is 1.97. The molecule has 170 valence electrons. The van der Waals surface area contributed by atoms with Gasteiger partial charge in [-0.05, 0) is 57.5 Å². The molecule has 0 radical (unpaired) electrons. The number of amides is 1. The maximum Gasteiger partial charge on any atom is 0.418 e. The van der Waals surface area contributed by atoms with E-state index < -0.39 is 11.7 Å². The summed E-state index contributed by atoms with van der Waals surface area (Å²) in [5.74, 6) is 0.355. The molecule has 0 saturated carbocycles. The van der Waals surface area contributed by atoms with Gasteiger partial charge in [0.2, 0.25) is 0 Å². The van der Waals surface area contributed by atoms with Gasteiger partial charge < -0.3 is 14.2 Å². The molecule has 3 atom stereocenters. The number of carbonyl (C=O) groups excluding carboxylic acids is 2. The van der Waals surface area contributed by atoms with Crippen molar-refractivity contribution in [2.75, 3.05) is 12.0 Å². The van der Waals surface area contributed by atoms with Crippen LogP contribution >= 0.6 is 0 Å². The van der Waals surface area contributed by atoms with Crippen LogP contribution in [0.4, 0.5) is 10.5 Å². The van der Waals surface area contributed by atoms with Crippen LogP contribution in [0.5, 0.6) is 5.75 Å². The number of anilines is 1. The zero-order chi connectivity index (χ0) is 23.3. The highest BCUT2D eigenvalue weighted by Crippen LogP contribution is 2.37. The number of hydrogen-bond acceptors (Lipinski definition) is 5. The van der Waals surface area contributed by atoms with Crippen molar-refractivity contribution in [3.05, 3.63) is 72.4 Å². The summed E-state index contributed by atoms with van der Waals surface area (Å²) in [6, 6.07) is 17.1. The number of nitrogens with zero attached hydrogens (tertiary/aromatic N) is 1. The van der Waals surface area contributed by atoms with Crippen molar-refractivity contribution in [1.82, 2.24) is 0 Å². The third-order valence-electron chi connectivity index (χ3n) is 5.35. The van der Waals surface area contributed by atoms with E-state index in [-0.39, 0.29) is 23.9 Å². The number of cyclic esters (lactones) is 1. The molecule has 3 rings (SSSR count). The molecule has 1 aliphatic heterocycles. The van der Waals surface area contributed by atoms with Crippen molar-refractivity contribution in [3.8, 4) is 5.75 Å². The first-order valence-electron chi connectivity index (χ1n) is 10.8. The van der Waals surface area contributed by atoms with Crippen LogP contribution < -0.4 is 9.64 Å². The fourth-order valence-corrected chi connectivity index (χ4v) is 3.78. The van der Waals surface area contributed by atoms with E-state index in [0.29, 0.717) is 17.9 Å². The number of hydrogen-bond donors (Lipinski definition) is 0. The molecule has 6 heteroatoms. The Hall–Kier alpha value is -3.28. The van der Waals surface area contributed by atoms with Crippen molar-refractivity contribution in [1.29, 1.82) is 0 Å². The summed E-state index contributed by atoms with van der Waals surface area (Å²) in [5, 5.41) is 0. The van der Waals surface area contributed by atoms with Gasteiger partial charge in [-0.3, -0.25) is 9.69 Å². The van der Waals surface area contributed by atoms with Crippen LogP contribution in [0.25, 0.3) is 0 Å². The average molecular weight is 438 g/mol. The lowest BCUT2D eigenvalue weighted by molar-refractivity contribution is -0.140. The molecule has 1 heterocycles. The first kappa shape index (κ1) is 23.4. The summed E-state index contributed by atoms with van der Waals surface area (Å²) in [6.45, 7) is 7.40. The van der Waals surface area contributed by atoms with Crippen LogP contribution in [0.2, 0.25) is 0 Å². The molecule has 1 aliphatic rings. The number of benzene rings is 2. The van der Waals surface area contributed by atoms with Crippen LogP contribution in [0.3, 0.4) is 0 Å². The first-order valence-corrected chi connectivity index (χ1v) is 10.8. The van der Waals surface area contributed by atoms with Crippen LogP contribution in [-0.2, 0) is 14.3 Å². The Morgan fingerprint density at radius 3 is 2.31 bits per heavy atom. The van der Waals surface area contributed by atoms with Gasteiger partial charge in [0, 0.05) is 18.0 Å². The Labute approximate surface area is 189 Å². The van der Waals surface area contributed by atoms with E-state index in [1.165, 1.54) is 4.90 Å². The Morgan fingerprint density at radius 2 is 1.78 bits per heavy atom. The average Bonchev–Trinajstić information content (AvgIpc) is 3.08. The topological polar surface area (TPSA) is 65.1 Å². The van der Waals surface area contributed by atoms with Crippen LogP contribution in [0.15, 0.2) is 66.9 Å². The SMILES string of the molecule is COc1ccc(N(/C=C\[C@H](c2ccccc2)[C@H]2CC(=O)O[C@@H]2C)C(=O)OC(C)(C)C)cc1. The van der Waals surface area contributed by atoms with E-state index in [0.717, 1.165) is 5.56 Å². The Morgan fingerprint density at radius 1 is 1.12 bits per heavy atom. The molecule has 0 N–H and O–H groups in total. The number of carbonyl (C=O) groups is 2. The molecular weight excluding hydrogens is 406 g/mol. The van der Waals surface area contributed by atoms with Crippen LogP contribution in [0.1, 0.15) is 45.6 Å². The summed E-state index contributed by atoms with van der Waals surface area (Å²) >= 11 is 0. The van der Waals surface area contributed by atoms with Gasteiger partial charge in [0.15, 0.2) is 0 Å². The molecule has 0 unspecified atom stereocenters. The van der Waals surface area contributed by atoms with E-state index in [4.69, 9.17) is 14.2 Å². The smallest absolute Gasteiger partial charge is 0.418 e. The lowest BCUT2D eigenvalue weighted by Crippen LogP contribution is -2.33. The van der Waals surface area contributed by atoms with Crippen molar-refractivity contribution in [2.24, 2.45) is 5.92 Å². The lowest BCUT2D eigenvalue weighted by Gasteiger charge is -2.27. The fraction of sp³-hybridized carbons (Fsp3) is 0.385. The monoisotopic (exact) mass is 437 g/mol. The van der Waals surface area contributed by atoms with Gasteiger partial charge in [-0.25, -0.2) is 4.79 Å². The van der Waals surface area contributed by atoms with E-state index in [1.54, 1.807) is 37.6 Å². The summed E-state index contributed by atoms with van der Waals surface area (Å²) in [6.07, 6.45) is 3.31. The Bertz CT molecular complexity index is 946. The highest BCUT2D eigenvalue weighted by Gasteiger charge is 2.37. The van der Waals surface area contributed by atoms with Gasteiger partial charge in [0.25, 0.3) is 0 Å². The van der Waals surface area contributed by atoms with Crippen LogP contribution in [0, 0.1) is 5.92 Å². The van der Waals surface area contributed by atoms with Gasteiger partial charge in [-0.1, -0.05) is 36.4 Å². The Kier molecular flexibility index (Phi) is 7.23. The number of rotatable bonds is 6. The molecule has 0 spiro atoms. The minimum absolute atomic E-state index is 0.0301. The number of allylic oxidation sites excluding steroid dienone is 1. The summed E-state index contributed by atoms with van der Waals surface area (Å²) in [4.78, 5) is 26.5. The zero-order valence-electron chi connectivity index (χ0n) is 19.3. The summed E-state index contributed by atoms with van der Waals surface area (Å²) < 4.78 is 16.3. The standard InChI is InChI=1S/C26H31NO5/c1-18-23(17-24(28)31-18)22(19-9-7-6-8-10-19)15-16-27(25(29)32-26(2,3)4)20-11-13-21(30-5)14-12-20/h6-16,18,22-23H,17H2,1-5H3/b16-15-/t18-,22-,23+/m1/s1. The molecule has 32 heavy (non-hydrogen) atoms. The molecular formula is C26H31NO5. The predicted octanol–water partition coefficient (Wildman–Crippen LogP) is 5.69. The van der Waals surface area contributed by atoms with Crippen molar-refractivity contribution in [2.45, 2.75) is 51.7 Å². The number of ether oxygens (including phenoxy) is 3. The van der Waals surface area contributed by atoms with Crippen LogP contribution in [-0.4, -0.2) is 30.9 Å². The molecule has 0 aliphatic carbocycles. The minimum atomic E-state index is -0.644. The fourth-order valence-electron chi connectivity index (χ4n) is 3.78. The molecule has 2 aromatic rings. The van der Waals surface area contributed by atoms with E-state index in [1.807, 2.05) is 64.1 Å². The third kappa shape index (κ3) is 5.90. The van der Waals surface area contributed by atoms with Crippen molar-refractivity contribution in [3.63, 3.8) is 0 Å². The molecule has 1 saturated heterocycles. The molecule has 6 nitrogen and oxygen atoms in total. The van der Waals surface area contributed by atoms with Gasteiger partial charge >= 0.3 is 12.1 Å². The van der Waals surface area contributed by atoms with Gasteiger partial charge in [-0.15, -0.1) is 0 Å². The largest absolute Gasteiger partial charge is 0.497 e. The van der Waals surface area contributed by atoms with E-state index in [2.05, 4.69) is 0 Å². The molecule has 1 amide bonds. The quantitative estimate of drug-likeness (QED) is 0.544. The maximum absolute atomic E-state index is 13.0. The minimum Gasteiger partial charge on any atom is -0.497 e. The zero-order valence-corrected chi connectivity index (χ0v) is 19.3. The second-order valence-electron chi connectivity index (χ2n) is 8.89.